The lowest BCUT2D eigenvalue weighted by Crippen LogP contribution is -2.24. The Kier molecular flexibility index (Phi) is 1.41. The molecule has 1 heterocycles. The molecule has 0 saturated carbocycles. The van der Waals surface area contributed by atoms with Crippen molar-refractivity contribution in [2.75, 3.05) is 0 Å². The summed E-state index contributed by atoms with van der Waals surface area (Å²) >= 11 is 0. The average Bonchev–Trinajstić information content (AvgIpc) is 2.14. The lowest BCUT2D eigenvalue weighted by atomic mass is 10.1. The summed E-state index contributed by atoms with van der Waals surface area (Å²) in [6.07, 6.45) is 0. The van der Waals surface area contributed by atoms with Crippen molar-refractivity contribution < 1.29 is 14.7 Å². The molecule has 0 aromatic carbocycles. The van der Waals surface area contributed by atoms with Crippen LogP contribution in [0.2, 0.25) is 0 Å². The van der Waals surface area contributed by atoms with Crippen molar-refractivity contribution in [3.63, 3.8) is 0 Å². The fourth-order valence-corrected chi connectivity index (χ4v) is 0.666. The zero-order valence-corrected chi connectivity index (χ0v) is 5.29. The number of hydrogen-bond acceptors (Lipinski definition) is 3. The van der Waals surface area contributed by atoms with Gasteiger partial charge in [0.2, 0.25) is 5.91 Å². The molecule has 5 nitrogen and oxygen atoms in total. The quantitative estimate of drug-likeness (QED) is 0.502. The van der Waals surface area contributed by atoms with E-state index in [1.54, 1.807) is 0 Å². The first-order valence-electron chi connectivity index (χ1n) is 2.73. The molecule has 0 aliphatic carbocycles. The molecular formula is C5H6N2O3. The number of rotatable bonds is 1. The second-order valence-electron chi connectivity index (χ2n) is 2.00. The Morgan fingerprint density at radius 3 is 2.60 bits per heavy atom. The van der Waals surface area contributed by atoms with Crippen LogP contribution in [0.15, 0.2) is 5.10 Å². The van der Waals surface area contributed by atoms with Crippen LogP contribution in [0, 0.1) is 5.92 Å². The Labute approximate surface area is 56.7 Å². The highest BCUT2D eigenvalue weighted by atomic mass is 16.4. The molecule has 0 spiro atoms. The summed E-state index contributed by atoms with van der Waals surface area (Å²) < 4.78 is 0. The van der Waals surface area contributed by atoms with E-state index in [0.29, 0.717) is 0 Å². The molecule has 0 radical (unpaired) electrons. The number of carbonyl (C=O) groups is 2. The molecule has 0 unspecified atom stereocenters. The van der Waals surface area contributed by atoms with Gasteiger partial charge in [-0.1, -0.05) is 0 Å². The number of hydrogen-bond donors (Lipinski definition) is 2. The van der Waals surface area contributed by atoms with Gasteiger partial charge >= 0.3 is 5.97 Å². The van der Waals surface area contributed by atoms with Crippen molar-refractivity contribution in [2.24, 2.45) is 11.0 Å². The second kappa shape index (κ2) is 2.09. The number of nitrogens with zero attached hydrogens (tertiary/aromatic N) is 1. The lowest BCUT2D eigenvalue weighted by molar-refractivity contribution is -0.130. The van der Waals surface area contributed by atoms with E-state index < -0.39 is 11.9 Å². The Morgan fingerprint density at radius 1 is 1.80 bits per heavy atom. The molecule has 10 heavy (non-hydrogen) atoms. The summed E-state index contributed by atoms with van der Waals surface area (Å²) in [4.78, 5) is 20.8. The topological polar surface area (TPSA) is 78.8 Å². The van der Waals surface area contributed by atoms with Crippen molar-refractivity contribution in [2.45, 2.75) is 6.92 Å². The van der Waals surface area contributed by atoms with E-state index in [0.717, 1.165) is 0 Å². The van der Waals surface area contributed by atoms with Crippen LogP contribution in [-0.2, 0) is 9.59 Å². The van der Waals surface area contributed by atoms with E-state index in [9.17, 15) is 9.59 Å². The van der Waals surface area contributed by atoms with E-state index in [-0.39, 0.29) is 11.6 Å². The molecule has 0 saturated heterocycles. The predicted molar refractivity (Wildman–Crippen MR) is 32.4 cm³/mol. The Morgan fingerprint density at radius 2 is 2.40 bits per heavy atom. The molecule has 1 atom stereocenters. The van der Waals surface area contributed by atoms with Crippen LogP contribution < -0.4 is 5.43 Å². The molecule has 1 aliphatic rings. The summed E-state index contributed by atoms with van der Waals surface area (Å²) in [5, 5.41) is 11.7. The summed E-state index contributed by atoms with van der Waals surface area (Å²) in [5.74, 6) is -2.14. The SMILES string of the molecule is C[C@@H]1C(=O)NN=C1C(=O)O. The van der Waals surface area contributed by atoms with Gasteiger partial charge in [-0.05, 0) is 6.92 Å². The Bertz CT molecular complexity index is 221. The fourth-order valence-electron chi connectivity index (χ4n) is 0.666. The minimum absolute atomic E-state index is 0.120. The monoisotopic (exact) mass is 142 g/mol. The van der Waals surface area contributed by atoms with Crippen molar-refractivity contribution >= 4 is 17.6 Å². The largest absolute Gasteiger partial charge is 0.477 e. The highest BCUT2D eigenvalue weighted by Gasteiger charge is 2.29. The zero-order valence-electron chi connectivity index (χ0n) is 5.29. The molecule has 5 heteroatoms. The van der Waals surface area contributed by atoms with E-state index in [1.165, 1.54) is 6.92 Å². The number of amides is 1. The minimum atomic E-state index is -1.15. The third-order valence-corrected chi connectivity index (χ3v) is 1.31. The molecule has 0 fully saturated rings. The van der Waals surface area contributed by atoms with Crippen molar-refractivity contribution in [1.82, 2.24) is 5.43 Å². The summed E-state index contributed by atoms with van der Waals surface area (Å²) in [7, 11) is 0. The van der Waals surface area contributed by atoms with Gasteiger partial charge in [-0.25, -0.2) is 10.2 Å². The lowest BCUT2D eigenvalue weighted by Gasteiger charge is -1.95. The zero-order chi connectivity index (χ0) is 7.72. The van der Waals surface area contributed by atoms with Crippen LogP contribution in [0.5, 0.6) is 0 Å². The van der Waals surface area contributed by atoms with E-state index in [1.807, 2.05) is 0 Å². The van der Waals surface area contributed by atoms with Crippen LogP contribution in [0.4, 0.5) is 0 Å². The maximum Gasteiger partial charge on any atom is 0.352 e. The van der Waals surface area contributed by atoms with Crippen LogP contribution in [0.3, 0.4) is 0 Å². The van der Waals surface area contributed by atoms with Gasteiger partial charge in [-0.2, -0.15) is 5.10 Å². The van der Waals surface area contributed by atoms with E-state index in [2.05, 4.69) is 10.5 Å². The summed E-state index contributed by atoms with van der Waals surface area (Å²) in [6.45, 7) is 1.50. The summed E-state index contributed by atoms with van der Waals surface area (Å²) in [5.41, 5.74) is 1.95. The molecule has 1 rings (SSSR count). The molecular weight excluding hydrogens is 136 g/mol. The number of nitrogens with one attached hydrogen (secondary N) is 1. The third kappa shape index (κ3) is 0.854. The molecule has 0 aromatic heterocycles. The highest BCUT2D eigenvalue weighted by molar-refractivity contribution is 6.41. The highest BCUT2D eigenvalue weighted by Crippen LogP contribution is 2.04. The molecule has 0 bridgehead atoms. The van der Waals surface area contributed by atoms with E-state index >= 15 is 0 Å². The van der Waals surface area contributed by atoms with Gasteiger partial charge in [0.15, 0.2) is 5.71 Å². The predicted octanol–water partition coefficient (Wildman–Crippen LogP) is -0.807. The van der Waals surface area contributed by atoms with Gasteiger partial charge in [0.05, 0.1) is 5.92 Å². The van der Waals surface area contributed by atoms with Crippen LogP contribution in [0.1, 0.15) is 6.92 Å². The fraction of sp³-hybridized carbons (Fsp3) is 0.400. The Hall–Kier alpha value is -1.39. The number of aliphatic carboxylic acids is 1. The van der Waals surface area contributed by atoms with Gasteiger partial charge < -0.3 is 5.11 Å². The maximum absolute atomic E-state index is 10.6. The molecule has 0 aromatic rings. The molecule has 1 amide bonds. The van der Waals surface area contributed by atoms with Crippen LogP contribution in [0.25, 0.3) is 0 Å². The summed E-state index contributed by atoms with van der Waals surface area (Å²) in [6, 6.07) is 0. The van der Waals surface area contributed by atoms with E-state index in [4.69, 9.17) is 5.11 Å². The first kappa shape index (κ1) is 6.73. The molecule has 1 aliphatic heterocycles. The minimum Gasteiger partial charge on any atom is -0.477 e. The van der Waals surface area contributed by atoms with Gasteiger partial charge in [0.25, 0.3) is 0 Å². The van der Waals surface area contributed by atoms with Crippen molar-refractivity contribution in [3.05, 3.63) is 0 Å². The van der Waals surface area contributed by atoms with Crippen molar-refractivity contribution in [3.8, 4) is 0 Å². The second-order valence-corrected chi connectivity index (χ2v) is 2.00. The Balaban J connectivity index is 2.81. The first-order chi connectivity index (χ1) is 4.63. The molecule has 2 N–H and O–H groups in total. The normalized spacial score (nSPS) is 23.9. The number of carbonyl (C=O) groups excluding carboxylic acids is 1. The van der Waals surface area contributed by atoms with Crippen LogP contribution in [-0.4, -0.2) is 22.7 Å². The number of hydrazone groups is 1. The number of carboxylic acid groups (broad SMARTS) is 1. The average molecular weight is 142 g/mol. The van der Waals surface area contributed by atoms with Gasteiger partial charge in [0.1, 0.15) is 0 Å². The first-order valence-corrected chi connectivity index (χ1v) is 2.73. The standard InChI is InChI=1S/C5H6N2O3/c1-2-3(5(9)10)6-7-4(2)8/h2H,1H3,(H,7,8)(H,9,10)/t2-/m0/s1. The van der Waals surface area contributed by atoms with Gasteiger partial charge in [-0.3, -0.25) is 4.79 Å². The van der Waals surface area contributed by atoms with Gasteiger partial charge in [-0.15, -0.1) is 0 Å². The van der Waals surface area contributed by atoms with Gasteiger partial charge in [0, 0.05) is 0 Å². The number of carboxylic acids is 1. The molecule has 54 valence electrons. The maximum atomic E-state index is 10.6. The smallest absolute Gasteiger partial charge is 0.352 e. The third-order valence-electron chi connectivity index (χ3n) is 1.31. The van der Waals surface area contributed by atoms with Crippen LogP contribution >= 0.6 is 0 Å². The van der Waals surface area contributed by atoms with Crippen molar-refractivity contribution in [1.29, 1.82) is 0 Å².